The van der Waals surface area contributed by atoms with E-state index in [4.69, 9.17) is 0 Å². The van der Waals surface area contributed by atoms with Gasteiger partial charge < -0.3 is 9.88 Å². The maximum Gasteiger partial charge on any atom is 0.326 e. The molecule has 8 heteroatoms. The minimum atomic E-state index is -0.0885. The predicted octanol–water partition coefficient (Wildman–Crippen LogP) is 2.85. The van der Waals surface area contributed by atoms with Crippen molar-refractivity contribution in [2.75, 3.05) is 13.1 Å². The number of nitrogens with one attached hydrogen (secondary N) is 1. The first-order valence-electron chi connectivity index (χ1n) is 10.8. The van der Waals surface area contributed by atoms with Gasteiger partial charge in [-0.3, -0.25) is 9.36 Å². The van der Waals surface area contributed by atoms with Crippen LogP contribution in [0.1, 0.15) is 30.1 Å². The number of piperidine rings is 1. The molecule has 8 nitrogen and oxygen atoms in total. The van der Waals surface area contributed by atoms with Crippen LogP contribution >= 0.6 is 0 Å². The van der Waals surface area contributed by atoms with Gasteiger partial charge in [0.05, 0.1) is 23.8 Å². The molecular formula is C24H24N6O2. The molecule has 1 fully saturated rings. The summed E-state index contributed by atoms with van der Waals surface area (Å²) in [6, 6.07) is 17.8. The molecule has 5 rings (SSSR count). The van der Waals surface area contributed by atoms with Crippen LogP contribution in [0.4, 0.5) is 0 Å². The van der Waals surface area contributed by atoms with E-state index in [0.717, 1.165) is 29.4 Å². The fourth-order valence-electron chi connectivity index (χ4n) is 4.28. The van der Waals surface area contributed by atoms with Gasteiger partial charge in [0.15, 0.2) is 0 Å². The molecule has 0 aliphatic carbocycles. The minimum Gasteiger partial charge on any atom is -0.339 e. The molecule has 4 aromatic rings. The Morgan fingerprint density at radius 3 is 2.62 bits per heavy atom. The molecule has 1 saturated heterocycles. The Morgan fingerprint density at radius 2 is 1.81 bits per heavy atom. The van der Waals surface area contributed by atoms with Crippen LogP contribution in [0.25, 0.3) is 17.1 Å². The number of fused-ring (bicyclic) bond motifs is 1. The van der Waals surface area contributed by atoms with Gasteiger partial charge in [0, 0.05) is 25.2 Å². The second-order valence-electron chi connectivity index (χ2n) is 8.03. The van der Waals surface area contributed by atoms with Crippen LogP contribution < -0.4 is 5.69 Å². The summed E-state index contributed by atoms with van der Waals surface area (Å²) in [5, 5.41) is 8.26. The highest BCUT2D eigenvalue weighted by Gasteiger charge is 2.25. The molecule has 1 N–H and O–H groups in total. The number of carbonyl (C=O) groups excluding carboxylic acids is 1. The summed E-state index contributed by atoms with van der Waals surface area (Å²) in [5.74, 6) is -0.0488. The van der Waals surface area contributed by atoms with E-state index in [1.165, 1.54) is 0 Å². The van der Waals surface area contributed by atoms with Crippen molar-refractivity contribution < 1.29 is 4.79 Å². The molecule has 1 aliphatic heterocycles. The summed E-state index contributed by atoms with van der Waals surface area (Å²) in [6.07, 6.45) is 6.57. The highest BCUT2D eigenvalue weighted by molar-refractivity contribution is 5.91. The Labute approximate surface area is 184 Å². The number of H-pyrrole nitrogens is 1. The van der Waals surface area contributed by atoms with Crippen LogP contribution in [0.3, 0.4) is 0 Å². The summed E-state index contributed by atoms with van der Waals surface area (Å²) in [6.45, 7) is 1.86. The fourth-order valence-corrected chi connectivity index (χ4v) is 4.28. The first-order chi connectivity index (χ1) is 15.7. The number of imidazole rings is 1. The topological polar surface area (TPSA) is 88.8 Å². The Kier molecular flexibility index (Phi) is 5.41. The van der Waals surface area contributed by atoms with Crippen LogP contribution in [0.5, 0.6) is 0 Å². The van der Waals surface area contributed by atoms with Gasteiger partial charge in [-0.25, -0.2) is 9.48 Å². The van der Waals surface area contributed by atoms with Crippen molar-refractivity contribution in [2.24, 2.45) is 0 Å². The molecule has 1 amide bonds. The van der Waals surface area contributed by atoms with Crippen molar-refractivity contribution in [1.29, 1.82) is 0 Å². The second-order valence-corrected chi connectivity index (χ2v) is 8.03. The number of aromatic nitrogens is 5. The SMILES string of the molecule is O=C(/C=C/c1cn(Cc2ccccc2)nn1)N1CCC(n2c(=O)[nH]c3ccccc32)CC1. The van der Waals surface area contributed by atoms with E-state index in [9.17, 15) is 9.59 Å². The fraction of sp³-hybridized carbons (Fsp3) is 0.250. The number of nitrogens with zero attached hydrogens (tertiary/aromatic N) is 5. The van der Waals surface area contributed by atoms with Gasteiger partial charge in [-0.2, -0.15) is 0 Å². The summed E-state index contributed by atoms with van der Waals surface area (Å²) in [5.41, 5.74) is 3.46. The maximum atomic E-state index is 12.7. The quantitative estimate of drug-likeness (QED) is 0.495. The number of amides is 1. The average Bonchev–Trinajstić information content (AvgIpc) is 3.41. The molecule has 0 atom stereocenters. The summed E-state index contributed by atoms with van der Waals surface area (Å²) < 4.78 is 3.59. The van der Waals surface area contributed by atoms with E-state index < -0.39 is 0 Å². The van der Waals surface area contributed by atoms with Crippen molar-refractivity contribution in [3.05, 3.63) is 88.6 Å². The van der Waals surface area contributed by atoms with Gasteiger partial charge in [0.2, 0.25) is 5.91 Å². The highest BCUT2D eigenvalue weighted by Crippen LogP contribution is 2.25. The Balaban J connectivity index is 1.19. The van der Waals surface area contributed by atoms with Crippen LogP contribution in [0.2, 0.25) is 0 Å². The normalized spacial score (nSPS) is 15.1. The zero-order valence-corrected chi connectivity index (χ0v) is 17.6. The van der Waals surface area contributed by atoms with Gasteiger partial charge in [0.1, 0.15) is 5.69 Å². The third-order valence-corrected chi connectivity index (χ3v) is 5.91. The number of para-hydroxylation sites is 2. The Morgan fingerprint density at radius 1 is 1.06 bits per heavy atom. The van der Waals surface area contributed by atoms with E-state index >= 15 is 0 Å². The average molecular weight is 428 g/mol. The highest BCUT2D eigenvalue weighted by atomic mass is 16.2. The van der Waals surface area contributed by atoms with E-state index in [0.29, 0.717) is 25.3 Å². The maximum absolute atomic E-state index is 12.7. The number of carbonyl (C=O) groups is 1. The van der Waals surface area contributed by atoms with Crippen LogP contribution in [-0.4, -0.2) is 48.4 Å². The zero-order valence-electron chi connectivity index (χ0n) is 17.6. The number of hydrogen-bond donors (Lipinski definition) is 1. The van der Waals surface area contributed by atoms with Gasteiger partial charge in [-0.1, -0.05) is 47.7 Å². The number of aromatic amines is 1. The molecule has 0 unspecified atom stereocenters. The molecule has 162 valence electrons. The van der Waals surface area contributed by atoms with Gasteiger partial charge >= 0.3 is 5.69 Å². The van der Waals surface area contributed by atoms with Crippen molar-refractivity contribution in [3.8, 4) is 0 Å². The largest absolute Gasteiger partial charge is 0.339 e. The molecule has 32 heavy (non-hydrogen) atoms. The van der Waals surface area contributed by atoms with Gasteiger partial charge in [0.25, 0.3) is 0 Å². The molecule has 1 aliphatic rings. The predicted molar refractivity (Wildman–Crippen MR) is 122 cm³/mol. The van der Waals surface area contributed by atoms with Crippen LogP contribution in [0, 0.1) is 0 Å². The lowest BCUT2D eigenvalue weighted by Gasteiger charge is -2.31. The first-order valence-corrected chi connectivity index (χ1v) is 10.8. The van der Waals surface area contributed by atoms with Crippen molar-refractivity contribution >= 4 is 23.0 Å². The number of likely N-dealkylation sites (tertiary alicyclic amines) is 1. The van der Waals surface area contributed by atoms with Crippen molar-refractivity contribution in [3.63, 3.8) is 0 Å². The third kappa shape index (κ3) is 4.12. The number of benzene rings is 2. The Bertz CT molecular complexity index is 1310. The van der Waals surface area contributed by atoms with E-state index in [1.807, 2.05) is 70.3 Å². The zero-order chi connectivity index (χ0) is 21.9. The van der Waals surface area contributed by atoms with Crippen LogP contribution in [-0.2, 0) is 11.3 Å². The lowest BCUT2D eigenvalue weighted by molar-refractivity contribution is -0.127. The molecule has 2 aromatic carbocycles. The molecule has 0 saturated carbocycles. The molecule has 0 spiro atoms. The monoisotopic (exact) mass is 428 g/mol. The standard InChI is InChI=1S/C24H24N6O2/c31-23(11-10-19-17-29(27-26-19)16-18-6-2-1-3-7-18)28-14-12-20(13-15-28)30-22-9-5-4-8-21(22)25-24(30)32/h1-11,17,20H,12-16H2,(H,25,32)/b11-10+. The van der Waals surface area contributed by atoms with E-state index in [1.54, 1.807) is 16.8 Å². The lowest BCUT2D eigenvalue weighted by Crippen LogP contribution is -2.39. The molecule has 0 radical (unpaired) electrons. The van der Waals surface area contributed by atoms with Crippen molar-refractivity contribution in [2.45, 2.75) is 25.4 Å². The van der Waals surface area contributed by atoms with Gasteiger partial charge in [-0.15, -0.1) is 5.10 Å². The summed E-state index contributed by atoms with van der Waals surface area (Å²) in [4.78, 5) is 29.8. The summed E-state index contributed by atoms with van der Waals surface area (Å²) in [7, 11) is 0. The Hall–Kier alpha value is -3.94. The number of rotatable bonds is 5. The van der Waals surface area contributed by atoms with E-state index in [-0.39, 0.29) is 17.6 Å². The molecule has 0 bridgehead atoms. The minimum absolute atomic E-state index is 0.0488. The van der Waals surface area contributed by atoms with Crippen molar-refractivity contribution in [1.82, 2.24) is 29.4 Å². The second kappa shape index (κ2) is 8.66. The van der Waals surface area contributed by atoms with Crippen LogP contribution in [0.15, 0.2) is 71.7 Å². The van der Waals surface area contributed by atoms with Gasteiger partial charge in [-0.05, 0) is 36.6 Å². The third-order valence-electron chi connectivity index (χ3n) is 5.91. The molecular weight excluding hydrogens is 404 g/mol. The number of hydrogen-bond acceptors (Lipinski definition) is 4. The summed E-state index contributed by atoms with van der Waals surface area (Å²) >= 11 is 0. The smallest absolute Gasteiger partial charge is 0.326 e. The lowest BCUT2D eigenvalue weighted by atomic mass is 10.0. The first kappa shape index (κ1) is 20.0. The molecule has 3 heterocycles. The molecule has 2 aromatic heterocycles. The van der Waals surface area contributed by atoms with E-state index in [2.05, 4.69) is 15.3 Å².